The molecule has 0 aliphatic carbocycles. The Morgan fingerprint density at radius 2 is 1.35 bits per heavy atom. The highest BCUT2D eigenvalue weighted by molar-refractivity contribution is 5.89. The number of aromatic amines is 2. The standard InChI is InChI=1S/C48H50FN9O7/c1-63-47(61)55-41(28-8-4-3-5-9-28)45(59)57-20-6-10-39(57)43-50-26-37(53-43)31-13-16-35-30(24-31)14-17-36(52-35)33-15-12-32(25-34(33)49)38-27-51-44(54-38)40-11-7-21-58(40)46(60)42(56-48(62)64-2)29-18-22-65-23-19-29/h3-5,8-9,12-17,24-27,29,39-42H,6-7,10-11,18-23H2,1-2H3,(H,50,53)(H,51,54)(H,55,61)(H,56,62). The van der Waals surface area contributed by atoms with E-state index in [1.54, 1.807) is 46.5 Å². The lowest BCUT2D eigenvalue weighted by molar-refractivity contribution is -0.137. The largest absolute Gasteiger partial charge is 0.453 e. The highest BCUT2D eigenvalue weighted by atomic mass is 19.1. The summed E-state index contributed by atoms with van der Waals surface area (Å²) in [6, 6.07) is 21.3. The lowest BCUT2D eigenvalue weighted by Gasteiger charge is -2.34. The number of alkyl carbamates (subject to hydrolysis) is 2. The minimum absolute atomic E-state index is 0.0781. The van der Waals surface area contributed by atoms with Crippen LogP contribution >= 0.6 is 0 Å². The third kappa shape index (κ3) is 9.00. The number of H-pyrrole nitrogens is 2. The zero-order valence-electron chi connectivity index (χ0n) is 36.1. The molecule has 0 radical (unpaired) electrons. The lowest BCUT2D eigenvalue weighted by Crippen LogP contribution is -2.53. The van der Waals surface area contributed by atoms with Crippen molar-refractivity contribution in [2.75, 3.05) is 40.5 Å². The van der Waals surface area contributed by atoms with Crippen molar-refractivity contribution in [3.05, 3.63) is 114 Å². The van der Waals surface area contributed by atoms with Crippen molar-refractivity contribution in [1.29, 1.82) is 0 Å². The number of pyridine rings is 1. The van der Waals surface area contributed by atoms with E-state index >= 15 is 4.39 Å². The van der Waals surface area contributed by atoms with Crippen LogP contribution in [0.15, 0.2) is 91.3 Å². The van der Waals surface area contributed by atoms with Crippen molar-refractivity contribution in [1.82, 2.24) is 45.4 Å². The number of hydrogen-bond donors (Lipinski definition) is 4. The molecule has 4 unspecified atom stereocenters. The molecule has 65 heavy (non-hydrogen) atoms. The number of amides is 4. The monoisotopic (exact) mass is 883 g/mol. The van der Waals surface area contributed by atoms with Gasteiger partial charge in [-0.25, -0.2) is 28.9 Å². The van der Waals surface area contributed by atoms with Gasteiger partial charge in [-0.05, 0) is 80.3 Å². The molecule has 16 nitrogen and oxygen atoms in total. The van der Waals surface area contributed by atoms with Crippen LogP contribution < -0.4 is 10.6 Å². The van der Waals surface area contributed by atoms with E-state index < -0.39 is 30.1 Å². The van der Waals surface area contributed by atoms with E-state index in [0.717, 1.165) is 29.5 Å². The average Bonchev–Trinajstić information content (AvgIpc) is 4.20. The topological polar surface area (TPSA) is 197 Å². The number of ether oxygens (including phenoxy) is 3. The van der Waals surface area contributed by atoms with Crippen LogP contribution in [0.3, 0.4) is 0 Å². The van der Waals surface area contributed by atoms with Crippen LogP contribution in [0.25, 0.3) is 44.7 Å². The van der Waals surface area contributed by atoms with Crippen LogP contribution in [0, 0.1) is 11.7 Å². The van der Waals surface area contributed by atoms with Gasteiger partial charge in [-0.2, -0.15) is 0 Å². The highest BCUT2D eigenvalue weighted by Gasteiger charge is 2.41. The lowest BCUT2D eigenvalue weighted by atomic mass is 9.90. The molecule has 9 rings (SSSR count). The Balaban J connectivity index is 0.884. The molecule has 0 saturated carbocycles. The zero-order chi connectivity index (χ0) is 45.0. The Morgan fingerprint density at radius 1 is 0.738 bits per heavy atom. The number of fused-ring (bicyclic) bond motifs is 1. The van der Waals surface area contributed by atoms with E-state index in [1.165, 1.54) is 20.3 Å². The summed E-state index contributed by atoms with van der Waals surface area (Å²) < 4.78 is 31.1. The summed E-state index contributed by atoms with van der Waals surface area (Å²) in [5, 5.41) is 6.32. The Kier molecular flexibility index (Phi) is 12.5. The molecule has 3 saturated heterocycles. The molecule has 3 fully saturated rings. The van der Waals surface area contributed by atoms with E-state index in [9.17, 15) is 19.2 Å². The Morgan fingerprint density at radius 3 is 2.00 bits per heavy atom. The summed E-state index contributed by atoms with van der Waals surface area (Å²) in [7, 11) is 2.55. The second-order valence-corrected chi connectivity index (χ2v) is 16.6. The fourth-order valence-corrected chi connectivity index (χ4v) is 9.34. The number of carbonyl (C=O) groups is 4. The van der Waals surface area contributed by atoms with Gasteiger partial charge in [-0.1, -0.05) is 48.5 Å². The Bertz CT molecular complexity index is 2700. The molecule has 3 aliphatic heterocycles. The maximum atomic E-state index is 16.0. The van der Waals surface area contributed by atoms with Crippen LogP contribution in [-0.2, 0) is 23.8 Å². The molecule has 3 aromatic carbocycles. The van der Waals surface area contributed by atoms with Crippen molar-refractivity contribution >= 4 is 34.9 Å². The molecule has 0 spiro atoms. The number of benzene rings is 3. The van der Waals surface area contributed by atoms with E-state index in [0.29, 0.717) is 97.2 Å². The number of aromatic nitrogens is 5. The van der Waals surface area contributed by atoms with Gasteiger partial charge < -0.3 is 44.6 Å². The summed E-state index contributed by atoms with van der Waals surface area (Å²) >= 11 is 0. The zero-order valence-corrected chi connectivity index (χ0v) is 36.1. The second-order valence-electron chi connectivity index (χ2n) is 16.6. The molecule has 4 amide bonds. The Hall–Kier alpha value is -7.14. The smallest absolute Gasteiger partial charge is 0.407 e. The minimum atomic E-state index is -0.915. The van der Waals surface area contributed by atoms with Gasteiger partial charge in [-0.15, -0.1) is 0 Å². The van der Waals surface area contributed by atoms with Crippen LogP contribution in [0.4, 0.5) is 14.0 Å². The molecule has 336 valence electrons. The summed E-state index contributed by atoms with van der Waals surface area (Å²) in [5.74, 6) is 0.288. The fourth-order valence-electron chi connectivity index (χ4n) is 9.34. The first-order valence-electron chi connectivity index (χ1n) is 21.9. The predicted molar refractivity (Wildman–Crippen MR) is 237 cm³/mol. The average molecular weight is 884 g/mol. The van der Waals surface area contributed by atoms with Gasteiger partial charge in [0.15, 0.2) is 0 Å². The van der Waals surface area contributed by atoms with Crippen molar-refractivity contribution in [3.63, 3.8) is 0 Å². The molecule has 6 heterocycles. The summed E-state index contributed by atoms with van der Waals surface area (Å²) in [6.45, 7) is 2.09. The molecule has 17 heteroatoms. The molecular formula is C48H50FN9O7. The first-order valence-corrected chi connectivity index (χ1v) is 21.9. The van der Waals surface area contributed by atoms with Gasteiger partial charge in [0.2, 0.25) is 5.91 Å². The van der Waals surface area contributed by atoms with Crippen molar-refractivity contribution < 1.29 is 37.8 Å². The third-order valence-corrected chi connectivity index (χ3v) is 12.7. The number of rotatable bonds is 11. The van der Waals surface area contributed by atoms with Crippen molar-refractivity contribution in [2.24, 2.45) is 5.92 Å². The van der Waals surface area contributed by atoms with Gasteiger partial charge in [0.25, 0.3) is 5.91 Å². The maximum Gasteiger partial charge on any atom is 0.407 e. The van der Waals surface area contributed by atoms with Crippen LogP contribution in [0.5, 0.6) is 0 Å². The van der Waals surface area contributed by atoms with Gasteiger partial charge in [0, 0.05) is 48.4 Å². The summed E-state index contributed by atoms with van der Waals surface area (Å²) in [4.78, 5) is 76.9. The van der Waals surface area contributed by atoms with Crippen molar-refractivity contribution in [3.8, 4) is 33.8 Å². The maximum absolute atomic E-state index is 16.0. The van der Waals surface area contributed by atoms with Crippen LogP contribution in [0.1, 0.15) is 73.9 Å². The molecule has 0 bridgehead atoms. The summed E-state index contributed by atoms with van der Waals surface area (Å²) in [5.41, 5.74) is 4.99. The van der Waals surface area contributed by atoms with Crippen LogP contribution in [0.2, 0.25) is 0 Å². The normalized spacial score (nSPS) is 18.6. The number of imidazole rings is 2. The Labute approximate surface area is 374 Å². The summed E-state index contributed by atoms with van der Waals surface area (Å²) in [6.07, 6.45) is 6.32. The SMILES string of the molecule is COC(=O)NC(C(=O)N1CCCC1c1ncc(-c2ccc3nc(-c4ccc(-c5cnc(C6CCCN6C(=O)C(NC(=O)OC)C6CCOCC6)[nH]5)cc4F)ccc3c2)[nH]1)c1ccccc1. The van der Waals surface area contributed by atoms with E-state index in [2.05, 4.69) is 25.6 Å². The second kappa shape index (κ2) is 18.9. The first kappa shape index (κ1) is 43.1. The molecule has 4 N–H and O–H groups in total. The van der Waals surface area contributed by atoms with Crippen molar-refractivity contribution in [2.45, 2.75) is 62.7 Å². The van der Waals surface area contributed by atoms with Gasteiger partial charge in [-0.3, -0.25) is 9.59 Å². The molecule has 3 aliphatic rings. The van der Waals surface area contributed by atoms with Gasteiger partial charge in [0.1, 0.15) is 29.5 Å². The highest BCUT2D eigenvalue weighted by Crippen LogP contribution is 2.37. The number of methoxy groups -OCH3 is 2. The molecule has 6 aromatic rings. The van der Waals surface area contributed by atoms with Gasteiger partial charge in [0.05, 0.1) is 61.3 Å². The van der Waals surface area contributed by atoms with E-state index in [-0.39, 0.29) is 29.8 Å². The molecule has 3 aromatic heterocycles. The quantitative estimate of drug-likeness (QED) is 0.102. The van der Waals surface area contributed by atoms with E-state index in [1.807, 2.05) is 48.5 Å². The number of likely N-dealkylation sites (tertiary alicyclic amines) is 2. The van der Waals surface area contributed by atoms with Gasteiger partial charge >= 0.3 is 12.2 Å². The number of nitrogens with zero attached hydrogens (tertiary/aromatic N) is 5. The van der Waals surface area contributed by atoms with E-state index in [4.69, 9.17) is 24.2 Å². The number of carbonyl (C=O) groups excluding carboxylic acids is 4. The third-order valence-electron chi connectivity index (χ3n) is 12.7. The first-order chi connectivity index (χ1) is 31.7. The minimum Gasteiger partial charge on any atom is -0.453 e. The molecule has 4 atom stereocenters. The number of nitrogens with one attached hydrogen (secondary N) is 4. The van der Waals surface area contributed by atoms with Crippen LogP contribution in [-0.4, -0.2) is 105 Å². The fraction of sp³-hybridized carbons (Fsp3) is 0.354. The number of hydrogen-bond acceptors (Lipinski definition) is 10. The number of halogens is 1. The molecular weight excluding hydrogens is 834 g/mol. The predicted octanol–water partition coefficient (Wildman–Crippen LogP) is 7.40.